The smallest absolute Gasteiger partial charge is 0.314 e. The van der Waals surface area contributed by atoms with E-state index in [-0.39, 0.29) is 19.2 Å². The fraction of sp³-hybridized carbons (Fsp3) is 0.462. The first-order valence-corrected chi connectivity index (χ1v) is 6.01. The van der Waals surface area contributed by atoms with Crippen molar-refractivity contribution in [1.82, 2.24) is 10.6 Å². The highest BCUT2D eigenvalue weighted by Gasteiger charge is 1.98. The maximum Gasteiger partial charge on any atom is 0.314 e. The van der Waals surface area contributed by atoms with Crippen LogP contribution < -0.4 is 15.4 Å². The van der Waals surface area contributed by atoms with Gasteiger partial charge in [0.1, 0.15) is 5.75 Å². The van der Waals surface area contributed by atoms with Crippen LogP contribution in [0.1, 0.15) is 12.0 Å². The standard InChI is InChI=1S/C13H20N2O3/c1-18-12-6-4-11(5-7-12)3-2-8-14-13(17)15-9-10-16/h4-7,16H,2-3,8-10H2,1H3,(H2,14,15,17). The highest BCUT2D eigenvalue weighted by Crippen LogP contribution is 2.12. The molecule has 5 heteroatoms. The molecule has 0 radical (unpaired) electrons. The van der Waals surface area contributed by atoms with Gasteiger partial charge in [0, 0.05) is 13.1 Å². The third-order valence-corrected chi connectivity index (χ3v) is 2.48. The average molecular weight is 252 g/mol. The Morgan fingerprint density at radius 2 is 1.89 bits per heavy atom. The Balaban J connectivity index is 2.15. The second-order valence-electron chi connectivity index (χ2n) is 3.86. The number of ether oxygens (including phenoxy) is 1. The number of carbonyl (C=O) groups excluding carboxylic acids is 1. The molecule has 0 saturated carbocycles. The van der Waals surface area contributed by atoms with Crippen molar-refractivity contribution in [1.29, 1.82) is 0 Å². The number of urea groups is 1. The third-order valence-electron chi connectivity index (χ3n) is 2.48. The van der Waals surface area contributed by atoms with E-state index in [2.05, 4.69) is 10.6 Å². The highest BCUT2D eigenvalue weighted by molar-refractivity contribution is 5.73. The number of hydrogen-bond acceptors (Lipinski definition) is 3. The van der Waals surface area contributed by atoms with E-state index >= 15 is 0 Å². The van der Waals surface area contributed by atoms with Crippen LogP contribution >= 0.6 is 0 Å². The number of rotatable bonds is 7. The first-order valence-electron chi connectivity index (χ1n) is 6.01. The van der Waals surface area contributed by atoms with Crippen LogP contribution in [0.15, 0.2) is 24.3 Å². The molecule has 0 fully saturated rings. The molecule has 5 nitrogen and oxygen atoms in total. The summed E-state index contributed by atoms with van der Waals surface area (Å²) in [5.74, 6) is 0.847. The first-order chi connectivity index (χ1) is 8.76. The van der Waals surface area contributed by atoms with Crippen molar-refractivity contribution in [2.45, 2.75) is 12.8 Å². The molecule has 1 aromatic carbocycles. The number of benzene rings is 1. The third kappa shape index (κ3) is 5.54. The molecule has 3 N–H and O–H groups in total. The van der Waals surface area contributed by atoms with Crippen LogP contribution in [-0.2, 0) is 6.42 Å². The zero-order chi connectivity index (χ0) is 13.2. The van der Waals surface area contributed by atoms with Crippen LogP contribution in [0.25, 0.3) is 0 Å². The van der Waals surface area contributed by atoms with E-state index in [1.165, 1.54) is 5.56 Å². The number of carbonyl (C=O) groups is 1. The van der Waals surface area contributed by atoms with Crippen molar-refractivity contribution < 1.29 is 14.6 Å². The Hall–Kier alpha value is -1.75. The summed E-state index contributed by atoms with van der Waals surface area (Å²) in [6.07, 6.45) is 1.78. The van der Waals surface area contributed by atoms with E-state index < -0.39 is 0 Å². The Bertz CT molecular complexity index is 352. The molecule has 0 bridgehead atoms. The van der Waals surface area contributed by atoms with Crippen LogP contribution in [0.4, 0.5) is 4.79 Å². The van der Waals surface area contributed by atoms with Gasteiger partial charge in [0.05, 0.1) is 13.7 Å². The van der Waals surface area contributed by atoms with Gasteiger partial charge < -0.3 is 20.5 Å². The summed E-state index contributed by atoms with van der Waals surface area (Å²) in [7, 11) is 1.64. The number of aliphatic hydroxyl groups is 1. The van der Waals surface area contributed by atoms with Crippen molar-refractivity contribution >= 4 is 6.03 Å². The lowest BCUT2D eigenvalue weighted by atomic mass is 10.1. The number of amides is 2. The summed E-state index contributed by atoms with van der Waals surface area (Å²) in [4.78, 5) is 11.1. The van der Waals surface area contributed by atoms with Crippen LogP contribution in [0.3, 0.4) is 0 Å². The summed E-state index contributed by atoms with van der Waals surface area (Å²) in [6, 6.07) is 7.65. The molecule has 0 aliphatic rings. The first kappa shape index (κ1) is 14.3. The number of methoxy groups -OCH3 is 1. The molecule has 18 heavy (non-hydrogen) atoms. The summed E-state index contributed by atoms with van der Waals surface area (Å²) in [5, 5.41) is 13.8. The summed E-state index contributed by atoms with van der Waals surface area (Å²) in [5.41, 5.74) is 1.22. The van der Waals surface area contributed by atoms with E-state index in [1.54, 1.807) is 7.11 Å². The maximum atomic E-state index is 11.1. The topological polar surface area (TPSA) is 70.6 Å². The lowest BCUT2D eigenvalue weighted by Gasteiger charge is -2.06. The number of nitrogens with one attached hydrogen (secondary N) is 2. The minimum absolute atomic E-state index is 0.0424. The average Bonchev–Trinajstić information content (AvgIpc) is 2.42. The van der Waals surface area contributed by atoms with Gasteiger partial charge in [-0.05, 0) is 30.5 Å². The van der Waals surface area contributed by atoms with Gasteiger partial charge in [-0.3, -0.25) is 0 Å². The highest BCUT2D eigenvalue weighted by atomic mass is 16.5. The zero-order valence-corrected chi connectivity index (χ0v) is 10.6. The number of hydrogen-bond donors (Lipinski definition) is 3. The molecule has 0 aliphatic heterocycles. The molecule has 2 amide bonds. The predicted octanol–water partition coefficient (Wildman–Crippen LogP) is 0.919. The van der Waals surface area contributed by atoms with Crippen LogP contribution in [-0.4, -0.2) is 37.9 Å². The van der Waals surface area contributed by atoms with E-state index in [0.29, 0.717) is 6.54 Å². The molecular weight excluding hydrogens is 232 g/mol. The van der Waals surface area contributed by atoms with E-state index in [1.807, 2.05) is 24.3 Å². The van der Waals surface area contributed by atoms with Gasteiger partial charge >= 0.3 is 6.03 Å². The monoisotopic (exact) mass is 252 g/mol. The Kier molecular flexibility index (Phi) is 6.64. The summed E-state index contributed by atoms with van der Waals surface area (Å²) >= 11 is 0. The molecule has 0 heterocycles. The van der Waals surface area contributed by atoms with Crippen LogP contribution in [0.5, 0.6) is 5.75 Å². The quantitative estimate of drug-likeness (QED) is 0.632. The Labute approximate surface area is 107 Å². The van der Waals surface area contributed by atoms with Crippen LogP contribution in [0, 0.1) is 0 Å². The van der Waals surface area contributed by atoms with Gasteiger partial charge in [0.2, 0.25) is 0 Å². The summed E-state index contributed by atoms with van der Waals surface area (Å²) < 4.78 is 5.08. The van der Waals surface area contributed by atoms with Gasteiger partial charge in [-0.1, -0.05) is 12.1 Å². The molecule has 0 spiro atoms. The molecule has 0 atom stereocenters. The maximum absolute atomic E-state index is 11.1. The SMILES string of the molecule is COc1ccc(CCCNC(=O)NCCO)cc1. The van der Waals surface area contributed by atoms with Crippen molar-refractivity contribution in [3.05, 3.63) is 29.8 Å². The van der Waals surface area contributed by atoms with Gasteiger partial charge in [0.15, 0.2) is 0 Å². The molecular formula is C13H20N2O3. The fourth-order valence-corrected chi connectivity index (χ4v) is 1.52. The molecule has 0 saturated heterocycles. The van der Waals surface area contributed by atoms with Crippen molar-refractivity contribution in [3.8, 4) is 5.75 Å². The molecule has 0 unspecified atom stereocenters. The van der Waals surface area contributed by atoms with Gasteiger partial charge in [-0.25, -0.2) is 4.79 Å². The van der Waals surface area contributed by atoms with Crippen molar-refractivity contribution in [2.24, 2.45) is 0 Å². The number of aliphatic hydroxyl groups excluding tert-OH is 1. The summed E-state index contributed by atoms with van der Waals surface area (Å²) in [6.45, 7) is 0.854. The van der Waals surface area contributed by atoms with Crippen molar-refractivity contribution in [3.63, 3.8) is 0 Å². The largest absolute Gasteiger partial charge is 0.497 e. The zero-order valence-electron chi connectivity index (χ0n) is 10.6. The van der Waals surface area contributed by atoms with E-state index in [0.717, 1.165) is 18.6 Å². The lowest BCUT2D eigenvalue weighted by Crippen LogP contribution is -2.37. The minimum Gasteiger partial charge on any atom is -0.497 e. The second kappa shape index (κ2) is 8.36. The molecule has 1 aromatic rings. The lowest BCUT2D eigenvalue weighted by molar-refractivity contribution is 0.234. The molecule has 0 aromatic heterocycles. The van der Waals surface area contributed by atoms with Crippen LogP contribution in [0.2, 0.25) is 0 Å². The van der Waals surface area contributed by atoms with E-state index in [4.69, 9.17) is 9.84 Å². The molecule has 100 valence electrons. The Morgan fingerprint density at radius 1 is 1.22 bits per heavy atom. The molecule has 0 aliphatic carbocycles. The van der Waals surface area contributed by atoms with E-state index in [9.17, 15) is 4.79 Å². The van der Waals surface area contributed by atoms with Crippen molar-refractivity contribution in [2.75, 3.05) is 26.8 Å². The normalized spacial score (nSPS) is 9.89. The van der Waals surface area contributed by atoms with Gasteiger partial charge in [-0.2, -0.15) is 0 Å². The minimum atomic E-state index is -0.237. The Morgan fingerprint density at radius 3 is 2.50 bits per heavy atom. The predicted molar refractivity (Wildman–Crippen MR) is 69.8 cm³/mol. The molecule has 1 rings (SSSR count). The second-order valence-corrected chi connectivity index (χ2v) is 3.86. The van der Waals surface area contributed by atoms with Gasteiger partial charge in [-0.15, -0.1) is 0 Å². The van der Waals surface area contributed by atoms with Gasteiger partial charge in [0.25, 0.3) is 0 Å². The fourth-order valence-electron chi connectivity index (χ4n) is 1.52. The number of aryl methyl sites for hydroxylation is 1.